The lowest BCUT2D eigenvalue weighted by Gasteiger charge is -2.31. The number of hydrogen-bond acceptors (Lipinski definition) is 7. The van der Waals surface area contributed by atoms with Crippen LogP contribution in [0.5, 0.6) is 5.88 Å². The van der Waals surface area contributed by atoms with Crippen LogP contribution < -0.4 is 9.46 Å². The van der Waals surface area contributed by atoms with E-state index in [2.05, 4.69) is 31.7 Å². The predicted octanol–water partition coefficient (Wildman–Crippen LogP) is 4.13. The highest BCUT2D eigenvalue weighted by atomic mass is 32.2. The first-order valence-electron chi connectivity index (χ1n) is 11.8. The number of hydrogen-bond donors (Lipinski definition) is 2. The van der Waals surface area contributed by atoms with Gasteiger partial charge in [0, 0.05) is 23.5 Å². The number of benzene rings is 2. The SMILES string of the molecule is CCN1CCCC(Oc2nc(-c3ccc(NS(=O)(=O)c4ccccc4F)cc3)nc3n[nH]c(C)c23)C1. The molecule has 4 aromatic rings. The summed E-state index contributed by atoms with van der Waals surface area (Å²) in [5, 5.41) is 8.01. The lowest BCUT2D eigenvalue weighted by Crippen LogP contribution is -2.41. The number of nitrogens with zero attached hydrogens (tertiary/aromatic N) is 4. The van der Waals surface area contributed by atoms with Gasteiger partial charge in [-0.1, -0.05) is 19.1 Å². The summed E-state index contributed by atoms with van der Waals surface area (Å²) in [4.78, 5) is 11.2. The molecular formula is C25H27FN6O3S. The predicted molar refractivity (Wildman–Crippen MR) is 135 cm³/mol. The Labute approximate surface area is 208 Å². The molecule has 1 unspecified atom stereocenters. The van der Waals surface area contributed by atoms with E-state index in [9.17, 15) is 12.8 Å². The molecule has 1 aliphatic heterocycles. The zero-order chi connectivity index (χ0) is 25.3. The van der Waals surface area contributed by atoms with Crippen molar-refractivity contribution < 1.29 is 17.5 Å². The minimum atomic E-state index is -4.07. The van der Waals surface area contributed by atoms with E-state index in [1.807, 2.05) is 6.92 Å². The van der Waals surface area contributed by atoms with Crippen LogP contribution in [0, 0.1) is 12.7 Å². The van der Waals surface area contributed by atoms with E-state index in [-0.39, 0.29) is 11.8 Å². The molecule has 0 saturated carbocycles. The summed E-state index contributed by atoms with van der Waals surface area (Å²) < 4.78 is 48.0. The quantitative estimate of drug-likeness (QED) is 0.384. The maximum absolute atomic E-state index is 14.0. The number of likely N-dealkylation sites (N-methyl/N-ethyl adjacent to an activating group) is 1. The number of aromatic nitrogens is 4. The first-order chi connectivity index (χ1) is 17.3. The standard InChI is InChI=1S/C25H27FN6O3S/c1-3-32-14-6-7-19(15-32)35-25-22-16(2)29-30-24(22)27-23(28-25)17-10-12-18(13-11-17)31-36(33,34)21-9-5-4-8-20(21)26/h4-5,8-13,19,31H,3,6-7,14-15H2,1-2H3,(H,27,28,29,30). The fraction of sp³-hybridized carbons (Fsp3) is 0.320. The molecular weight excluding hydrogens is 483 g/mol. The summed E-state index contributed by atoms with van der Waals surface area (Å²) in [5.41, 5.74) is 2.28. The average Bonchev–Trinajstić information content (AvgIpc) is 3.25. The molecule has 0 amide bonds. The summed E-state index contributed by atoms with van der Waals surface area (Å²) in [6.07, 6.45) is 2.04. The molecule has 11 heteroatoms. The fourth-order valence-corrected chi connectivity index (χ4v) is 5.50. The third-order valence-corrected chi connectivity index (χ3v) is 7.69. The van der Waals surface area contributed by atoms with Crippen molar-refractivity contribution in [3.63, 3.8) is 0 Å². The van der Waals surface area contributed by atoms with Gasteiger partial charge >= 0.3 is 0 Å². The summed E-state index contributed by atoms with van der Waals surface area (Å²) in [6.45, 7) is 6.93. The van der Waals surface area contributed by atoms with E-state index in [1.165, 1.54) is 18.2 Å². The Bertz CT molecular complexity index is 1490. The van der Waals surface area contributed by atoms with Gasteiger partial charge in [0.2, 0.25) is 5.88 Å². The summed E-state index contributed by atoms with van der Waals surface area (Å²) in [6, 6.07) is 11.8. The molecule has 2 aromatic carbocycles. The van der Waals surface area contributed by atoms with E-state index in [4.69, 9.17) is 9.72 Å². The van der Waals surface area contributed by atoms with Crippen LogP contribution in [0.2, 0.25) is 0 Å². The zero-order valence-electron chi connectivity index (χ0n) is 20.0. The van der Waals surface area contributed by atoms with Gasteiger partial charge in [0.15, 0.2) is 11.5 Å². The van der Waals surface area contributed by atoms with Gasteiger partial charge < -0.3 is 4.74 Å². The molecule has 36 heavy (non-hydrogen) atoms. The lowest BCUT2D eigenvalue weighted by molar-refractivity contribution is 0.0896. The second-order valence-corrected chi connectivity index (χ2v) is 10.4. The second kappa shape index (κ2) is 9.82. The molecule has 2 N–H and O–H groups in total. The molecule has 5 rings (SSSR count). The van der Waals surface area contributed by atoms with Crippen LogP contribution >= 0.6 is 0 Å². The Morgan fingerprint density at radius 3 is 2.69 bits per heavy atom. The summed E-state index contributed by atoms with van der Waals surface area (Å²) in [7, 11) is -4.07. The van der Waals surface area contributed by atoms with Gasteiger partial charge in [-0.2, -0.15) is 10.1 Å². The van der Waals surface area contributed by atoms with Gasteiger partial charge in [-0.15, -0.1) is 0 Å². The van der Waals surface area contributed by atoms with E-state index >= 15 is 0 Å². The molecule has 1 saturated heterocycles. The van der Waals surface area contributed by atoms with Gasteiger partial charge in [0.25, 0.3) is 10.0 Å². The monoisotopic (exact) mass is 510 g/mol. The third kappa shape index (κ3) is 4.89. The van der Waals surface area contributed by atoms with Crippen LogP contribution in [0.1, 0.15) is 25.5 Å². The zero-order valence-corrected chi connectivity index (χ0v) is 20.8. The Hall–Kier alpha value is -3.57. The molecule has 0 aliphatic carbocycles. The molecule has 2 aromatic heterocycles. The first-order valence-corrected chi connectivity index (χ1v) is 13.3. The highest BCUT2D eigenvalue weighted by molar-refractivity contribution is 7.92. The third-order valence-electron chi connectivity index (χ3n) is 6.27. The number of rotatable bonds is 7. The Morgan fingerprint density at radius 1 is 1.17 bits per heavy atom. The molecule has 0 spiro atoms. The van der Waals surface area contributed by atoms with Crippen molar-refractivity contribution in [3.05, 3.63) is 60.0 Å². The van der Waals surface area contributed by atoms with E-state index < -0.39 is 20.7 Å². The van der Waals surface area contributed by atoms with Gasteiger partial charge in [-0.3, -0.25) is 14.7 Å². The van der Waals surface area contributed by atoms with Crippen molar-refractivity contribution in [3.8, 4) is 17.3 Å². The largest absolute Gasteiger partial charge is 0.472 e. The van der Waals surface area contributed by atoms with Crippen LogP contribution in [-0.2, 0) is 10.0 Å². The van der Waals surface area contributed by atoms with E-state index in [1.54, 1.807) is 24.3 Å². The van der Waals surface area contributed by atoms with Crippen LogP contribution in [0.25, 0.3) is 22.4 Å². The number of fused-ring (bicyclic) bond motifs is 1. The van der Waals surface area contributed by atoms with Gasteiger partial charge in [0.05, 0.1) is 0 Å². The Morgan fingerprint density at radius 2 is 1.94 bits per heavy atom. The van der Waals surface area contributed by atoms with Crippen molar-refractivity contribution >= 4 is 26.7 Å². The maximum Gasteiger partial charge on any atom is 0.264 e. The van der Waals surface area contributed by atoms with Crippen molar-refractivity contribution in [2.75, 3.05) is 24.4 Å². The normalized spacial score (nSPS) is 16.8. The smallest absolute Gasteiger partial charge is 0.264 e. The van der Waals surface area contributed by atoms with Crippen LogP contribution in [0.15, 0.2) is 53.4 Å². The highest BCUT2D eigenvalue weighted by Crippen LogP contribution is 2.30. The average molecular weight is 511 g/mol. The van der Waals surface area contributed by atoms with Crippen molar-refractivity contribution in [1.82, 2.24) is 25.1 Å². The number of H-pyrrole nitrogens is 1. The number of aryl methyl sites for hydroxylation is 1. The number of sulfonamides is 1. The highest BCUT2D eigenvalue weighted by Gasteiger charge is 2.24. The number of likely N-dealkylation sites (tertiary alicyclic amines) is 1. The fourth-order valence-electron chi connectivity index (χ4n) is 4.36. The van der Waals surface area contributed by atoms with Gasteiger partial charge in [-0.25, -0.2) is 17.8 Å². The number of anilines is 1. The summed E-state index contributed by atoms with van der Waals surface area (Å²) >= 11 is 0. The molecule has 1 atom stereocenters. The minimum absolute atomic E-state index is 0.0223. The molecule has 0 bridgehead atoms. The number of ether oxygens (including phenoxy) is 1. The Balaban J connectivity index is 1.42. The van der Waals surface area contributed by atoms with Crippen LogP contribution in [0.3, 0.4) is 0 Å². The van der Waals surface area contributed by atoms with Crippen molar-refractivity contribution in [2.45, 2.75) is 37.7 Å². The Kier molecular flexibility index (Phi) is 6.59. The minimum Gasteiger partial charge on any atom is -0.472 e. The number of aromatic amines is 1. The molecule has 188 valence electrons. The number of nitrogens with one attached hydrogen (secondary N) is 2. The van der Waals surface area contributed by atoms with Crippen LogP contribution in [0.4, 0.5) is 10.1 Å². The number of piperidine rings is 1. The molecule has 0 radical (unpaired) electrons. The van der Waals surface area contributed by atoms with E-state index in [0.717, 1.165) is 49.6 Å². The van der Waals surface area contributed by atoms with Gasteiger partial charge in [0.1, 0.15) is 22.2 Å². The van der Waals surface area contributed by atoms with Crippen molar-refractivity contribution in [2.24, 2.45) is 0 Å². The molecule has 1 fully saturated rings. The van der Waals surface area contributed by atoms with Crippen molar-refractivity contribution in [1.29, 1.82) is 0 Å². The lowest BCUT2D eigenvalue weighted by atomic mass is 10.1. The molecule has 9 nitrogen and oxygen atoms in total. The summed E-state index contributed by atoms with van der Waals surface area (Å²) in [5.74, 6) is 0.0781. The van der Waals surface area contributed by atoms with Crippen LogP contribution in [-0.4, -0.2) is 59.2 Å². The van der Waals surface area contributed by atoms with E-state index in [0.29, 0.717) is 22.9 Å². The second-order valence-electron chi connectivity index (χ2n) is 8.79. The molecule has 3 heterocycles. The number of halogens is 1. The molecule has 1 aliphatic rings. The van der Waals surface area contributed by atoms with Gasteiger partial charge in [-0.05, 0) is 69.3 Å². The maximum atomic E-state index is 14.0. The first kappa shape index (κ1) is 24.1. The topological polar surface area (TPSA) is 113 Å².